The molecule has 0 unspecified atom stereocenters. The van der Waals surface area contributed by atoms with E-state index in [9.17, 15) is 30.3 Å². The fourth-order valence-corrected chi connectivity index (χ4v) is 1.33. The largest absolute Gasteiger partial charge is 0.430 e. The van der Waals surface area contributed by atoms with Crippen molar-refractivity contribution in [2.45, 2.75) is 0 Å². The summed E-state index contributed by atoms with van der Waals surface area (Å²) in [4.78, 5) is 29.1. The molecule has 0 saturated heterocycles. The van der Waals surface area contributed by atoms with Crippen LogP contribution in [0.4, 0.5) is 17.5 Å². The SMILES string of the molecule is O=[N+]([O-])c1n[nH]nc1-c1c([N+](=O)[O-])n[nH]c1[N+](=O)[O-]. The molecule has 0 bridgehead atoms. The van der Waals surface area contributed by atoms with Crippen molar-refractivity contribution < 1.29 is 14.8 Å². The monoisotopic (exact) mass is 270 g/mol. The minimum absolute atomic E-state index is 0.642. The molecule has 0 atom stereocenters. The van der Waals surface area contributed by atoms with Gasteiger partial charge in [-0.15, -0.1) is 10.3 Å². The van der Waals surface area contributed by atoms with Gasteiger partial charge in [-0.3, -0.25) is 0 Å². The number of nitrogens with zero attached hydrogens (tertiary/aromatic N) is 6. The van der Waals surface area contributed by atoms with E-state index in [2.05, 4.69) is 15.3 Å². The third kappa shape index (κ3) is 1.81. The van der Waals surface area contributed by atoms with Crippen molar-refractivity contribution in [1.29, 1.82) is 0 Å². The summed E-state index contributed by atoms with van der Waals surface area (Å²) >= 11 is 0. The Morgan fingerprint density at radius 3 is 2.00 bits per heavy atom. The molecular weight excluding hydrogens is 268 g/mol. The zero-order valence-corrected chi connectivity index (χ0v) is 8.63. The van der Waals surface area contributed by atoms with E-state index in [4.69, 9.17) is 0 Å². The molecule has 0 aliphatic rings. The number of aromatic amines is 2. The molecule has 0 aromatic carbocycles. The maximum Gasteiger partial charge on any atom is 0.430 e. The molecule has 2 aromatic heterocycles. The number of nitro groups is 3. The van der Waals surface area contributed by atoms with E-state index < -0.39 is 43.5 Å². The van der Waals surface area contributed by atoms with Gasteiger partial charge in [-0.05, 0) is 19.9 Å². The summed E-state index contributed by atoms with van der Waals surface area (Å²) in [5.41, 5.74) is -1.35. The van der Waals surface area contributed by atoms with Crippen molar-refractivity contribution in [2.75, 3.05) is 0 Å². The lowest BCUT2D eigenvalue weighted by molar-refractivity contribution is -0.394. The van der Waals surface area contributed by atoms with Gasteiger partial charge in [-0.2, -0.15) is 0 Å². The molecular formula is C5H2N8O6. The summed E-state index contributed by atoms with van der Waals surface area (Å²) in [5, 5.41) is 45.4. The average molecular weight is 270 g/mol. The molecule has 19 heavy (non-hydrogen) atoms. The van der Waals surface area contributed by atoms with Gasteiger partial charge in [0, 0.05) is 0 Å². The molecule has 0 aliphatic heterocycles. The van der Waals surface area contributed by atoms with Crippen LogP contribution < -0.4 is 0 Å². The molecule has 0 amide bonds. The fraction of sp³-hybridized carbons (Fsp3) is 0. The van der Waals surface area contributed by atoms with Gasteiger partial charge in [-0.1, -0.05) is 0 Å². The lowest BCUT2D eigenvalue weighted by atomic mass is 10.2. The smallest absolute Gasteiger partial charge is 0.358 e. The van der Waals surface area contributed by atoms with Gasteiger partial charge in [0.05, 0.1) is 5.10 Å². The maximum absolute atomic E-state index is 10.7. The molecule has 0 aliphatic carbocycles. The molecule has 0 saturated carbocycles. The Hall–Kier alpha value is -3.45. The highest BCUT2D eigenvalue weighted by Crippen LogP contribution is 2.37. The van der Waals surface area contributed by atoms with Crippen LogP contribution in [0.25, 0.3) is 11.3 Å². The molecule has 98 valence electrons. The first-order valence-corrected chi connectivity index (χ1v) is 4.36. The summed E-state index contributed by atoms with van der Waals surface area (Å²) in [6.45, 7) is 0. The summed E-state index contributed by atoms with van der Waals surface area (Å²) in [6.07, 6.45) is 0. The van der Waals surface area contributed by atoms with Crippen molar-refractivity contribution in [2.24, 2.45) is 0 Å². The quantitative estimate of drug-likeness (QED) is 0.562. The van der Waals surface area contributed by atoms with Crippen LogP contribution in [0.1, 0.15) is 0 Å². The number of nitrogens with one attached hydrogen (secondary N) is 2. The predicted octanol–water partition coefficient (Wildman–Crippen LogP) is -0.0806. The van der Waals surface area contributed by atoms with Crippen molar-refractivity contribution in [3.8, 4) is 11.3 Å². The summed E-state index contributed by atoms with van der Waals surface area (Å²) in [7, 11) is 0. The Balaban J connectivity index is 2.75. The predicted molar refractivity (Wildman–Crippen MR) is 53.9 cm³/mol. The minimum atomic E-state index is -1.03. The van der Waals surface area contributed by atoms with E-state index in [0.717, 1.165) is 0 Å². The van der Waals surface area contributed by atoms with E-state index in [1.807, 2.05) is 10.3 Å². The topological polar surface area (TPSA) is 200 Å². The Morgan fingerprint density at radius 1 is 0.842 bits per heavy atom. The second-order valence-corrected chi connectivity index (χ2v) is 3.04. The van der Waals surface area contributed by atoms with Crippen LogP contribution in [0.15, 0.2) is 0 Å². The maximum atomic E-state index is 10.7. The van der Waals surface area contributed by atoms with Gasteiger partial charge in [0.15, 0.2) is 0 Å². The van der Waals surface area contributed by atoms with Crippen molar-refractivity contribution in [3.05, 3.63) is 30.3 Å². The fourth-order valence-electron chi connectivity index (χ4n) is 1.33. The third-order valence-corrected chi connectivity index (χ3v) is 2.02. The zero-order valence-electron chi connectivity index (χ0n) is 8.63. The summed E-state index contributed by atoms with van der Waals surface area (Å²) in [6, 6.07) is 0. The van der Waals surface area contributed by atoms with Gasteiger partial charge in [0.25, 0.3) is 0 Å². The van der Waals surface area contributed by atoms with Crippen LogP contribution in [0.2, 0.25) is 0 Å². The van der Waals surface area contributed by atoms with Gasteiger partial charge in [0.2, 0.25) is 11.3 Å². The molecule has 2 aromatic rings. The van der Waals surface area contributed by atoms with Crippen LogP contribution in [0.3, 0.4) is 0 Å². The van der Waals surface area contributed by atoms with E-state index in [0.29, 0.717) is 0 Å². The van der Waals surface area contributed by atoms with Crippen LogP contribution in [-0.4, -0.2) is 40.4 Å². The lowest BCUT2D eigenvalue weighted by Gasteiger charge is -1.94. The highest BCUT2D eigenvalue weighted by atomic mass is 16.6. The second kappa shape index (κ2) is 4.09. The number of hydrogen-bond acceptors (Lipinski definition) is 9. The highest BCUT2D eigenvalue weighted by Gasteiger charge is 2.39. The molecule has 0 fully saturated rings. The van der Waals surface area contributed by atoms with Crippen LogP contribution in [-0.2, 0) is 0 Å². The highest BCUT2D eigenvalue weighted by molar-refractivity contribution is 5.80. The molecule has 2 rings (SSSR count). The lowest BCUT2D eigenvalue weighted by Crippen LogP contribution is -1.97. The van der Waals surface area contributed by atoms with Crippen molar-refractivity contribution in [3.63, 3.8) is 0 Å². The first kappa shape index (κ1) is 12.0. The Kier molecular flexibility index (Phi) is 2.59. The minimum Gasteiger partial charge on any atom is -0.358 e. The number of hydrogen-bond donors (Lipinski definition) is 2. The Bertz CT molecular complexity index is 654. The van der Waals surface area contributed by atoms with Gasteiger partial charge < -0.3 is 30.3 Å². The molecule has 14 heteroatoms. The molecule has 2 N–H and O–H groups in total. The van der Waals surface area contributed by atoms with Crippen LogP contribution >= 0.6 is 0 Å². The van der Waals surface area contributed by atoms with Crippen molar-refractivity contribution in [1.82, 2.24) is 25.6 Å². The van der Waals surface area contributed by atoms with E-state index >= 15 is 0 Å². The molecule has 0 spiro atoms. The van der Waals surface area contributed by atoms with E-state index in [1.54, 1.807) is 0 Å². The summed E-state index contributed by atoms with van der Waals surface area (Å²) < 4.78 is 0. The zero-order chi connectivity index (χ0) is 14.2. The van der Waals surface area contributed by atoms with Gasteiger partial charge in [-0.25, -0.2) is 0 Å². The van der Waals surface area contributed by atoms with Gasteiger partial charge >= 0.3 is 17.5 Å². The first-order chi connectivity index (χ1) is 8.93. The number of aromatic nitrogens is 5. The average Bonchev–Trinajstić information content (AvgIpc) is 2.94. The normalized spacial score (nSPS) is 10.3. The standard InChI is InChI=1S/C5H2N8O6/c14-11(15)3-1(4(8-7-3)12(16)17)2-5(13(18)19)9-10-6-2/h(H,7,8)(H,6,9,10). The van der Waals surface area contributed by atoms with E-state index in [1.165, 1.54) is 0 Å². The van der Waals surface area contributed by atoms with E-state index in [-0.39, 0.29) is 0 Å². The Morgan fingerprint density at radius 2 is 1.47 bits per heavy atom. The number of rotatable bonds is 4. The molecule has 14 nitrogen and oxygen atoms in total. The Labute approximate surface area is 100 Å². The number of H-pyrrole nitrogens is 2. The molecule has 2 heterocycles. The van der Waals surface area contributed by atoms with Crippen LogP contribution in [0.5, 0.6) is 0 Å². The van der Waals surface area contributed by atoms with Gasteiger partial charge in [0.1, 0.15) is 5.10 Å². The summed E-state index contributed by atoms with van der Waals surface area (Å²) in [5.74, 6) is -2.72. The molecule has 0 radical (unpaired) electrons. The van der Waals surface area contributed by atoms with Crippen molar-refractivity contribution >= 4 is 17.5 Å². The van der Waals surface area contributed by atoms with Crippen LogP contribution in [0, 0.1) is 30.3 Å². The third-order valence-electron chi connectivity index (χ3n) is 2.02. The second-order valence-electron chi connectivity index (χ2n) is 3.04. The first-order valence-electron chi connectivity index (χ1n) is 4.36.